The van der Waals surface area contributed by atoms with Crippen molar-refractivity contribution >= 4 is 21.7 Å². The van der Waals surface area contributed by atoms with Gasteiger partial charge in [0, 0.05) is 25.9 Å². The third-order valence-electron chi connectivity index (χ3n) is 4.80. The lowest BCUT2D eigenvalue weighted by Crippen LogP contribution is -2.51. The second kappa shape index (κ2) is 8.77. The Kier molecular flexibility index (Phi) is 6.36. The number of hydrogen-bond acceptors (Lipinski definition) is 5. The molecular weight excluding hydrogens is 399 g/mol. The van der Waals surface area contributed by atoms with Crippen LogP contribution < -0.4 is 5.32 Å². The zero-order valence-electron chi connectivity index (χ0n) is 16.1. The van der Waals surface area contributed by atoms with Crippen molar-refractivity contribution < 1.29 is 26.8 Å². The number of nitrogens with zero attached hydrogens (tertiary/aromatic N) is 1. The van der Waals surface area contributed by atoms with Crippen molar-refractivity contribution in [2.75, 3.05) is 24.6 Å². The fourth-order valence-electron chi connectivity index (χ4n) is 3.14. The summed E-state index contributed by atoms with van der Waals surface area (Å²) in [6, 6.07) is 8.88. The van der Waals surface area contributed by atoms with Gasteiger partial charge in [0.25, 0.3) is 0 Å². The maximum absolute atomic E-state index is 13.8. The first-order valence-corrected chi connectivity index (χ1v) is 11.2. The van der Waals surface area contributed by atoms with Crippen LogP contribution in [0.1, 0.15) is 19.1 Å². The lowest BCUT2D eigenvalue weighted by Gasteiger charge is -2.29. The first-order chi connectivity index (χ1) is 13.7. The highest BCUT2D eigenvalue weighted by molar-refractivity contribution is 7.91. The second-order valence-electron chi connectivity index (χ2n) is 7.01. The van der Waals surface area contributed by atoms with Crippen LogP contribution >= 0.6 is 0 Å². The molecule has 0 bridgehead atoms. The predicted octanol–water partition coefficient (Wildman–Crippen LogP) is 1.78. The highest BCUT2D eigenvalue weighted by atomic mass is 32.2. The average molecular weight is 422 g/mol. The molecular formula is C20H23FN2O5S. The van der Waals surface area contributed by atoms with E-state index in [4.69, 9.17) is 4.42 Å². The van der Waals surface area contributed by atoms with Gasteiger partial charge in [0.2, 0.25) is 11.8 Å². The van der Waals surface area contributed by atoms with E-state index in [-0.39, 0.29) is 48.6 Å². The van der Waals surface area contributed by atoms with E-state index < -0.39 is 15.9 Å². The first kappa shape index (κ1) is 21.0. The number of hydrogen-bond donors (Lipinski definition) is 1. The summed E-state index contributed by atoms with van der Waals surface area (Å²) in [5, 5.41) is 2.63. The van der Waals surface area contributed by atoms with E-state index in [1.165, 1.54) is 11.0 Å². The number of rotatable bonds is 6. The fraction of sp³-hybridized carbons (Fsp3) is 0.400. The Balaban J connectivity index is 1.49. The van der Waals surface area contributed by atoms with E-state index in [2.05, 4.69) is 5.32 Å². The Hall–Kier alpha value is -2.68. The van der Waals surface area contributed by atoms with Gasteiger partial charge in [0.1, 0.15) is 23.4 Å². The van der Waals surface area contributed by atoms with Crippen LogP contribution in [0.4, 0.5) is 4.39 Å². The molecule has 1 N–H and O–H groups in total. The van der Waals surface area contributed by atoms with E-state index in [0.717, 1.165) is 0 Å². The zero-order valence-corrected chi connectivity index (χ0v) is 16.9. The maximum atomic E-state index is 13.8. The van der Waals surface area contributed by atoms with Crippen molar-refractivity contribution in [3.8, 4) is 11.3 Å². The molecule has 0 radical (unpaired) electrons. The lowest BCUT2D eigenvalue weighted by molar-refractivity contribution is -0.135. The van der Waals surface area contributed by atoms with Crippen molar-refractivity contribution in [1.82, 2.24) is 10.2 Å². The Morgan fingerprint density at radius 1 is 1.17 bits per heavy atom. The molecule has 9 heteroatoms. The topological polar surface area (TPSA) is 96.7 Å². The summed E-state index contributed by atoms with van der Waals surface area (Å²) in [5.41, 5.74) is 0.353. The normalized spacial score (nSPS) is 17.0. The van der Waals surface area contributed by atoms with Crippen LogP contribution in [0.15, 0.2) is 40.8 Å². The summed E-state index contributed by atoms with van der Waals surface area (Å²) in [5.74, 6) is -0.179. The summed E-state index contributed by atoms with van der Waals surface area (Å²) < 4.78 is 42.4. The van der Waals surface area contributed by atoms with Crippen LogP contribution in [-0.4, -0.2) is 55.8 Å². The van der Waals surface area contributed by atoms with E-state index in [1.807, 2.05) is 0 Å². The summed E-state index contributed by atoms with van der Waals surface area (Å²) >= 11 is 0. The Morgan fingerprint density at radius 3 is 2.55 bits per heavy atom. The van der Waals surface area contributed by atoms with Crippen molar-refractivity contribution in [3.63, 3.8) is 0 Å². The largest absolute Gasteiger partial charge is 0.461 e. The SMILES string of the molecule is CC(NC(=O)CCc1ccc(-c2ccccc2F)o1)C(=O)N1CCS(=O)(=O)CC1. The van der Waals surface area contributed by atoms with Gasteiger partial charge in [-0.15, -0.1) is 0 Å². The van der Waals surface area contributed by atoms with Crippen molar-refractivity contribution in [2.45, 2.75) is 25.8 Å². The first-order valence-electron chi connectivity index (χ1n) is 9.37. The summed E-state index contributed by atoms with van der Waals surface area (Å²) in [7, 11) is -3.07. The van der Waals surface area contributed by atoms with Crippen molar-refractivity contribution in [2.24, 2.45) is 0 Å². The monoisotopic (exact) mass is 422 g/mol. The summed E-state index contributed by atoms with van der Waals surface area (Å²) in [6.07, 6.45) is 0.416. The van der Waals surface area contributed by atoms with Crippen LogP contribution in [-0.2, 0) is 25.8 Å². The molecule has 1 aromatic carbocycles. The molecule has 1 atom stereocenters. The molecule has 0 spiro atoms. The van der Waals surface area contributed by atoms with E-state index >= 15 is 0 Å². The molecule has 2 heterocycles. The van der Waals surface area contributed by atoms with Gasteiger partial charge < -0.3 is 14.6 Å². The van der Waals surface area contributed by atoms with Crippen LogP contribution in [0, 0.1) is 5.82 Å². The standard InChI is InChI=1S/C20H23FN2O5S/c1-14(20(25)23-10-12-29(26,27)13-11-23)22-19(24)9-7-15-6-8-18(28-15)16-4-2-3-5-17(16)21/h2-6,8,14H,7,9-13H2,1H3,(H,22,24). The highest BCUT2D eigenvalue weighted by Crippen LogP contribution is 2.25. The molecule has 1 aliphatic rings. The summed E-state index contributed by atoms with van der Waals surface area (Å²) in [6.45, 7) is 1.87. The third kappa shape index (κ3) is 5.44. The molecule has 0 aliphatic carbocycles. The minimum atomic E-state index is -3.07. The second-order valence-corrected chi connectivity index (χ2v) is 9.32. The zero-order chi connectivity index (χ0) is 21.0. The Bertz CT molecular complexity index is 988. The number of aryl methyl sites for hydroxylation is 1. The molecule has 3 rings (SSSR count). The molecule has 1 fully saturated rings. The van der Waals surface area contributed by atoms with Gasteiger partial charge in [-0.3, -0.25) is 9.59 Å². The highest BCUT2D eigenvalue weighted by Gasteiger charge is 2.28. The van der Waals surface area contributed by atoms with Gasteiger partial charge in [0.05, 0.1) is 17.1 Å². The number of amides is 2. The van der Waals surface area contributed by atoms with Crippen molar-refractivity contribution in [3.05, 3.63) is 48.0 Å². The molecule has 156 valence electrons. The third-order valence-corrected chi connectivity index (χ3v) is 6.41. The molecule has 0 saturated carbocycles. The molecule has 1 aromatic heterocycles. The van der Waals surface area contributed by atoms with E-state index in [0.29, 0.717) is 23.5 Å². The molecule has 1 aliphatic heterocycles. The van der Waals surface area contributed by atoms with Gasteiger partial charge in [-0.25, -0.2) is 12.8 Å². The quantitative estimate of drug-likeness (QED) is 0.766. The number of furan rings is 1. The number of benzene rings is 1. The number of carbonyl (C=O) groups excluding carboxylic acids is 2. The minimum absolute atomic E-state index is 0.0533. The van der Waals surface area contributed by atoms with Crippen LogP contribution in [0.5, 0.6) is 0 Å². The Labute approximate surface area is 168 Å². The smallest absolute Gasteiger partial charge is 0.244 e. The molecule has 1 saturated heterocycles. The molecule has 2 amide bonds. The van der Waals surface area contributed by atoms with Gasteiger partial charge in [0.15, 0.2) is 9.84 Å². The van der Waals surface area contributed by atoms with E-state index in [9.17, 15) is 22.4 Å². The van der Waals surface area contributed by atoms with Gasteiger partial charge in [-0.2, -0.15) is 0 Å². The number of halogens is 1. The van der Waals surface area contributed by atoms with Crippen LogP contribution in [0.3, 0.4) is 0 Å². The number of nitrogens with one attached hydrogen (secondary N) is 1. The maximum Gasteiger partial charge on any atom is 0.244 e. The van der Waals surface area contributed by atoms with Gasteiger partial charge in [-0.1, -0.05) is 12.1 Å². The van der Waals surface area contributed by atoms with Gasteiger partial charge in [-0.05, 0) is 31.2 Å². The summed E-state index contributed by atoms with van der Waals surface area (Å²) in [4.78, 5) is 26.0. The number of sulfone groups is 1. The molecule has 1 unspecified atom stereocenters. The molecule has 29 heavy (non-hydrogen) atoms. The fourth-order valence-corrected chi connectivity index (χ4v) is 4.34. The predicted molar refractivity (Wildman–Crippen MR) is 105 cm³/mol. The van der Waals surface area contributed by atoms with Crippen LogP contribution in [0.25, 0.3) is 11.3 Å². The van der Waals surface area contributed by atoms with E-state index in [1.54, 1.807) is 37.3 Å². The lowest BCUT2D eigenvalue weighted by atomic mass is 10.1. The minimum Gasteiger partial charge on any atom is -0.461 e. The van der Waals surface area contributed by atoms with Crippen molar-refractivity contribution in [1.29, 1.82) is 0 Å². The Morgan fingerprint density at radius 2 is 1.86 bits per heavy atom. The van der Waals surface area contributed by atoms with Crippen LogP contribution in [0.2, 0.25) is 0 Å². The van der Waals surface area contributed by atoms with Gasteiger partial charge >= 0.3 is 0 Å². The molecule has 2 aromatic rings. The molecule has 7 nitrogen and oxygen atoms in total. The average Bonchev–Trinajstić information content (AvgIpc) is 3.15. The number of carbonyl (C=O) groups is 2.